The second-order valence-electron chi connectivity index (χ2n) is 5.31. The molecule has 7 heteroatoms. The van der Waals surface area contributed by atoms with Crippen LogP contribution in [0.3, 0.4) is 0 Å². The standard InChI is InChI=1S/C15H19F3N2O2/c16-15(17,18)22-13-7-5-12(6-8-13)19-14(21)11-20-9-3-1-2-4-10-20/h5-8H,1-4,9-11H2,(H,19,21). The number of halogens is 3. The molecule has 1 aromatic carbocycles. The SMILES string of the molecule is O=C(CN1CCCCCC1)Nc1ccc(OC(F)(F)F)cc1. The fraction of sp³-hybridized carbons (Fsp3) is 0.533. The Morgan fingerprint density at radius 1 is 1.09 bits per heavy atom. The molecule has 1 amide bonds. The minimum atomic E-state index is -4.71. The van der Waals surface area contributed by atoms with Gasteiger partial charge in [0.25, 0.3) is 0 Å². The van der Waals surface area contributed by atoms with E-state index >= 15 is 0 Å². The van der Waals surface area contributed by atoms with E-state index in [0.717, 1.165) is 25.9 Å². The summed E-state index contributed by atoms with van der Waals surface area (Å²) < 4.78 is 39.9. The smallest absolute Gasteiger partial charge is 0.406 e. The number of nitrogens with zero attached hydrogens (tertiary/aromatic N) is 1. The monoisotopic (exact) mass is 316 g/mol. The van der Waals surface area contributed by atoms with Gasteiger partial charge in [0, 0.05) is 5.69 Å². The van der Waals surface area contributed by atoms with Crippen LogP contribution in [0.25, 0.3) is 0 Å². The predicted octanol–water partition coefficient (Wildman–Crippen LogP) is 3.40. The van der Waals surface area contributed by atoms with Crippen molar-refractivity contribution in [3.05, 3.63) is 24.3 Å². The van der Waals surface area contributed by atoms with Gasteiger partial charge in [0.1, 0.15) is 5.75 Å². The van der Waals surface area contributed by atoms with E-state index < -0.39 is 6.36 Å². The van der Waals surface area contributed by atoms with Gasteiger partial charge in [0.05, 0.1) is 6.54 Å². The molecule has 0 aliphatic carbocycles. The van der Waals surface area contributed by atoms with Crippen molar-refractivity contribution in [3.63, 3.8) is 0 Å². The minimum absolute atomic E-state index is 0.161. The molecular formula is C15H19F3N2O2. The molecule has 1 N–H and O–H groups in total. The van der Waals surface area contributed by atoms with Crippen LogP contribution in [0.4, 0.5) is 18.9 Å². The quantitative estimate of drug-likeness (QED) is 0.925. The first-order valence-corrected chi connectivity index (χ1v) is 7.30. The number of ether oxygens (including phenoxy) is 1. The van der Waals surface area contributed by atoms with Crippen LogP contribution in [-0.2, 0) is 4.79 Å². The van der Waals surface area contributed by atoms with Gasteiger partial charge in [0.15, 0.2) is 0 Å². The summed E-state index contributed by atoms with van der Waals surface area (Å²) in [5.41, 5.74) is 0.453. The van der Waals surface area contributed by atoms with E-state index in [9.17, 15) is 18.0 Å². The molecule has 4 nitrogen and oxygen atoms in total. The van der Waals surface area contributed by atoms with Gasteiger partial charge in [0.2, 0.25) is 5.91 Å². The number of benzene rings is 1. The largest absolute Gasteiger partial charge is 0.573 e. The van der Waals surface area contributed by atoms with Crippen molar-refractivity contribution < 1.29 is 22.7 Å². The summed E-state index contributed by atoms with van der Waals surface area (Å²) in [7, 11) is 0. The summed E-state index contributed by atoms with van der Waals surface area (Å²) >= 11 is 0. The molecule has 1 fully saturated rings. The maximum Gasteiger partial charge on any atom is 0.573 e. The molecular weight excluding hydrogens is 297 g/mol. The van der Waals surface area contributed by atoms with Gasteiger partial charge in [-0.2, -0.15) is 0 Å². The highest BCUT2D eigenvalue weighted by Crippen LogP contribution is 2.23. The highest BCUT2D eigenvalue weighted by Gasteiger charge is 2.30. The van der Waals surface area contributed by atoms with E-state index in [4.69, 9.17) is 0 Å². The second-order valence-corrected chi connectivity index (χ2v) is 5.31. The van der Waals surface area contributed by atoms with Crippen LogP contribution in [0.1, 0.15) is 25.7 Å². The van der Waals surface area contributed by atoms with Gasteiger partial charge in [-0.15, -0.1) is 13.2 Å². The number of amides is 1. The lowest BCUT2D eigenvalue weighted by molar-refractivity contribution is -0.274. The number of carbonyl (C=O) groups excluding carboxylic acids is 1. The summed E-state index contributed by atoms with van der Waals surface area (Å²) in [6.45, 7) is 2.12. The van der Waals surface area contributed by atoms with E-state index in [1.54, 1.807) is 0 Å². The zero-order chi connectivity index (χ0) is 16.0. The van der Waals surface area contributed by atoms with Crippen molar-refractivity contribution in [2.75, 3.05) is 25.0 Å². The predicted molar refractivity (Wildman–Crippen MR) is 76.7 cm³/mol. The molecule has 1 heterocycles. The molecule has 2 rings (SSSR count). The van der Waals surface area contributed by atoms with Gasteiger partial charge >= 0.3 is 6.36 Å². The first-order chi connectivity index (χ1) is 10.4. The lowest BCUT2D eigenvalue weighted by atomic mass is 10.2. The van der Waals surface area contributed by atoms with E-state index in [1.165, 1.54) is 37.1 Å². The lowest BCUT2D eigenvalue weighted by Crippen LogP contribution is -2.33. The molecule has 0 aromatic heterocycles. The average Bonchev–Trinajstić information content (AvgIpc) is 2.68. The van der Waals surface area contributed by atoms with Gasteiger partial charge < -0.3 is 10.1 Å². The first kappa shape index (κ1) is 16.6. The number of carbonyl (C=O) groups is 1. The van der Waals surface area contributed by atoms with Crippen molar-refractivity contribution in [1.29, 1.82) is 0 Å². The number of nitrogens with one attached hydrogen (secondary N) is 1. The molecule has 1 aliphatic heterocycles. The summed E-state index contributed by atoms with van der Waals surface area (Å²) in [5.74, 6) is -0.468. The number of anilines is 1. The highest BCUT2D eigenvalue weighted by atomic mass is 19.4. The van der Waals surface area contributed by atoms with Crippen molar-refractivity contribution >= 4 is 11.6 Å². The number of alkyl halides is 3. The Labute approximate surface area is 127 Å². The Morgan fingerprint density at radius 3 is 2.23 bits per heavy atom. The van der Waals surface area contributed by atoms with Gasteiger partial charge in [-0.1, -0.05) is 12.8 Å². The number of rotatable bonds is 4. The van der Waals surface area contributed by atoms with Crippen molar-refractivity contribution in [3.8, 4) is 5.75 Å². The molecule has 0 spiro atoms. The molecule has 22 heavy (non-hydrogen) atoms. The average molecular weight is 316 g/mol. The molecule has 0 atom stereocenters. The van der Waals surface area contributed by atoms with Gasteiger partial charge in [-0.05, 0) is 50.2 Å². The van der Waals surface area contributed by atoms with Crippen LogP contribution in [0, 0.1) is 0 Å². The van der Waals surface area contributed by atoms with Crippen LogP contribution in [-0.4, -0.2) is 36.8 Å². The lowest BCUT2D eigenvalue weighted by Gasteiger charge is -2.19. The Bertz CT molecular complexity index is 481. The molecule has 1 aliphatic rings. The summed E-state index contributed by atoms with van der Waals surface area (Å²) in [5, 5.41) is 2.68. The summed E-state index contributed by atoms with van der Waals surface area (Å²) in [6.07, 6.45) is -0.136. The van der Waals surface area contributed by atoms with Gasteiger partial charge in [-0.3, -0.25) is 9.69 Å². The van der Waals surface area contributed by atoms with Gasteiger partial charge in [-0.25, -0.2) is 0 Å². The van der Waals surface area contributed by atoms with E-state index in [1.807, 2.05) is 0 Å². The fourth-order valence-electron chi connectivity index (χ4n) is 2.44. The van der Waals surface area contributed by atoms with Crippen LogP contribution in [0.5, 0.6) is 5.75 Å². The molecule has 122 valence electrons. The van der Waals surface area contributed by atoms with Crippen LogP contribution in [0.15, 0.2) is 24.3 Å². The molecule has 0 saturated carbocycles. The maximum absolute atomic E-state index is 12.0. The topological polar surface area (TPSA) is 41.6 Å². The zero-order valence-corrected chi connectivity index (χ0v) is 12.2. The third kappa shape index (κ3) is 5.93. The van der Waals surface area contributed by atoms with E-state index in [-0.39, 0.29) is 11.7 Å². The molecule has 1 saturated heterocycles. The molecule has 0 unspecified atom stereocenters. The van der Waals surface area contributed by atoms with Crippen LogP contribution in [0.2, 0.25) is 0 Å². The third-order valence-electron chi connectivity index (χ3n) is 3.44. The molecule has 0 bridgehead atoms. The fourth-order valence-corrected chi connectivity index (χ4v) is 2.44. The zero-order valence-electron chi connectivity index (χ0n) is 12.2. The van der Waals surface area contributed by atoms with Crippen molar-refractivity contribution in [1.82, 2.24) is 4.90 Å². The number of hydrogen-bond acceptors (Lipinski definition) is 3. The Hall–Kier alpha value is -1.76. The van der Waals surface area contributed by atoms with E-state index in [2.05, 4.69) is 15.0 Å². The second kappa shape index (κ2) is 7.49. The van der Waals surface area contributed by atoms with Crippen LogP contribution >= 0.6 is 0 Å². The highest BCUT2D eigenvalue weighted by molar-refractivity contribution is 5.92. The van der Waals surface area contributed by atoms with Crippen molar-refractivity contribution in [2.24, 2.45) is 0 Å². The summed E-state index contributed by atoms with van der Waals surface area (Å²) in [4.78, 5) is 14.0. The maximum atomic E-state index is 12.0. The third-order valence-corrected chi connectivity index (χ3v) is 3.44. The number of likely N-dealkylation sites (tertiary alicyclic amines) is 1. The molecule has 0 radical (unpaired) electrons. The number of hydrogen-bond donors (Lipinski definition) is 1. The Kier molecular flexibility index (Phi) is 5.65. The Balaban J connectivity index is 1.83. The Morgan fingerprint density at radius 2 is 1.68 bits per heavy atom. The molecule has 1 aromatic rings. The normalized spacial score (nSPS) is 16.9. The minimum Gasteiger partial charge on any atom is -0.406 e. The summed E-state index contributed by atoms with van der Waals surface area (Å²) in [6, 6.07) is 5.13. The van der Waals surface area contributed by atoms with Crippen LogP contribution < -0.4 is 10.1 Å². The van der Waals surface area contributed by atoms with Crippen molar-refractivity contribution in [2.45, 2.75) is 32.0 Å². The first-order valence-electron chi connectivity index (χ1n) is 7.30. The van der Waals surface area contributed by atoms with E-state index in [0.29, 0.717) is 12.2 Å².